The van der Waals surface area contributed by atoms with E-state index in [1.54, 1.807) is 23.5 Å². The van der Waals surface area contributed by atoms with Gasteiger partial charge in [0.25, 0.3) is 0 Å². The van der Waals surface area contributed by atoms with Gasteiger partial charge in [0.15, 0.2) is 5.13 Å². The van der Waals surface area contributed by atoms with Crippen LogP contribution in [0.25, 0.3) is 11.3 Å². The van der Waals surface area contributed by atoms with Crippen LogP contribution in [0.2, 0.25) is 0 Å². The van der Waals surface area contributed by atoms with Crippen molar-refractivity contribution in [1.82, 2.24) is 9.88 Å². The van der Waals surface area contributed by atoms with Crippen LogP contribution in [-0.4, -0.2) is 53.3 Å². The molecule has 0 atom stereocenters. The Morgan fingerprint density at radius 2 is 1.83 bits per heavy atom. The molecule has 1 saturated heterocycles. The van der Waals surface area contributed by atoms with Gasteiger partial charge < -0.3 is 10.0 Å². The van der Waals surface area contributed by atoms with Crippen molar-refractivity contribution in [3.8, 4) is 11.3 Å². The molecule has 1 aromatic heterocycles. The fourth-order valence-electron chi connectivity index (χ4n) is 2.81. The van der Waals surface area contributed by atoms with Gasteiger partial charge in [-0.3, -0.25) is 4.90 Å². The lowest BCUT2D eigenvalue weighted by Gasteiger charge is -2.37. The predicted molar refractivity (Wildman–Crippen MR) is 92.5 cm³/mol. The van der Waals surface area contributed by atoms with Crippen molar-refractivity contribution in [1.29, 1.82) is 0 Å². The van der Waals surface area contributed by atoms with Gasteiger partial charge in [0.05, 0.1) is 11.3 Å². The summed E-state index contributed by atoms with van der Waals surface area (Å²) in [4.78, 5) is 9.25. The third-order valence-corrected chi connectivity index (χ3v) is 4.79. The molecular weight excluding hydrogens is 313 g/mol. The van der Waals surface area contributed by atoms with Crippen LogP contribution in [-0.2, 0) is 0 Å². The molecule has 0 amide bonds. The Labute approximate surface area is 140 Å². The van der Waals surface area contributed by atoms with Crippen molar-refractivity contribution in [3.63, 3.8) is 0 Å². The van der Waals surface area contributed by atoms with Gasteiger partial charge in [0.2, 0.25) is 0 Å². The van der Waals surface area contributed by atoms with Crippen molar-refractivity contribution in [2.24, 2.45) is 0 Å². The Bertz CT molecular complexity index is 643. The summed E-state index contributed by atoms with van der Waals surface area (Å²) in [5, 5.41) is 12.9. The third kappa shape index (κ3) is 4.28. The lowest BCUT2D eigenvalue weighted by atomic mass is 10.1. The zero-order chi connectivity index (χ0) is 16.4. The molecule has 124 valence electrons. The first kappa shape index (κ1) is 16.4. The van der Waals surface area contributed by atoms with E-state index in [4.69, 9.17) is 0 Å². The van der Waals surface area contributed by atoms with Crippen LogP contribution in [0.4, 0.5) is 9.52 Å². The van der Waals surface area contributed by atoms with E-state index in [9.17, 15) is 9.50 Å². The van der Waals surface area contributed by atoms with Crippen LogP contribution in [0.3, 0.4) is 0 Å². The Kier molecular flexibility index (Phi) is 4.66. The first-order valence-corrected chi connectivity index (χ1v) is 8.70. The molecule has 6 heteroatoms. The quantitative estimate of drug-likeness (QED) is 0.933. The van der Waals surface area contributed by atoms with Gasteiger partial charge in [-0.25, -0.2) is 9.37 Å². The SMILES string of the molecule is CC(C)(O)CN1CCN(c2nc(-c3ccc(F)cc3)cs2)CC1. The van der Waals surface area contributed by atoms with Gasteiger partial charge in [-0.2, -0.15) is 0 Å². The molecule has 0 saturated carbocycles. The number of piperazine rings is 1. The summed E-state index contributed by atoms with van der Waals surface area (Å²) in [6.07, 6.45) is 0. The number of aliphatic hydroxyl groups is 1. The predicted octanol–water partition coefficient (Wildman–Crippen LogP) is 2.84. The number of benzene rings is 1. The average Bonchev–Trinajstić information content (AvgIpc) is 2.97. The molecule has 0 radical (unpaired) electrons. The summed E-state index contributed by atoms with van der Waals surface area (Å²) < 4.78 is 13.0. The van der Waals surface area contributed by atoms with Crippen LogP contribution < -0.4 is 4.90 Å². The molecule has 0 unspecified atom stereocenters. The van der Waals surface area contributed by atoms with E-state index in [1.807, 2.05) is 19.2 Å². The van der Waals surface area contributed by atoms with Crippen LogP contribution in [0.5, 0.6) is 0 Å². The number of aromatic nitrogens is 1. The summed E-state index contributed by atoms with van der Waals surface area (Å²) >= 11 is 1.62. The number of rotatable bonds is 4. The molecule has 0 spiro atoms. The Balaban J connectivity index is 1.62. The maximum absolute atomic E-state index is 13.0. The second-order valence-corrected chi connectivity index (χ2v) is 7.43. The van der Waals surface area contributed by atoms with Gasteiger partial charge in [-0.15, -0.1) is 11.3 Å². The molecule has 4 nitrogen and oxygen atoms in total. The maximum atomic E-state index is 13.0. The standard InChI is InChI=1S/C17H22FN3OS/c1-17(2,22)12-20-7-9-21(10-8-20)16-19-15(11-23-16)13-3-5-14(18)6-4-13/h3-6,11,22H,7-10,12H2,1-2H3. The first-order valence-electron chi connectivity index (χ1n) is 7.82. The topological polar surface area (TPSA) is 39.6 Å². The molecule has 3 rings (SSSR count). The molecule has 0 aliphatic carbocycles. The molecule has 23 heavy (non-hydrogen) atoms. The smallest absolute Gasteiger partial charge is 0.185 e. The lowest BCUT2D eigenvalue weighted by molar-refractivity contribution is 0.0345. The fraction of sp³-hybridized carbons (Fsp3) is 0.471. The highest BCUT2D eigenvalue weighted by atomic mass is 32.1. The monoisotopic (exact) mass is 335 g/mol. The number of hydrogen-bond acceptors (Lipinski definition) is 5. The molecule has 0 bridgehead atoms. The number of halogens is 1. The fourth-order valence-corrected chi connectivity index (χ4v) is 3.70. The van der Waals surface area contributed by atoms with E-state index in [-0.39, 0.29) is 5.82 Å². The summed E-state index contributed by atoms with van der Waals surface area (Å²) in [5.41, 5.74) is 1.18. The Morgan fingerprint density at radius 1 is 1.17 bits per heavy atom. The molecule has 1 aliphatic heterocycles. The second-order valence-electron chi connectivity index (χ2n) is 6.60. The number of nitrogens with zero attached hydrogens (tertiary/aromatic N) is 3. The van der Waals surface area contributed by atoms with E-state index >= 15 is 0 Å². The van der Waals surface area contributed by atoms with E-state index in [0.29, 0.717) is 6.54 Å². The summed E-state index contributed by atoms with van der Waals surface area (Å²) in [5.74, 6) is -0.230. The van der Waals surface area contributed by atoms with Crippen LogP contribution in [0.15, 0.2) is 29.6 Å². The van der Waals surface area contributed by atoms with E-state index in [0.717, 1.165) is 42.6 Å². The molecule has 1 N–H and O–H groups in total. The van der Waals surface area contributed by atoms with Crippen molar-refractivity contribution in [3.05, 3.63) is 35.5 Å². The minimum Gasteiger partial charge on any atom is -0.389 e. The first-order chi connectivity index (χ1) is 10.9. The summed E-state index contributed by atoms with van der Waals surface area (Å²) in [6.45, 7) is 8.05. The average molecular weight is 335 g/mol. The van der Waals surface area contributed by atoms with E-state index in [1.165, 1.54) is 12.1 Å². The highest BCUT2D eigenvalue weighted by Crippen LogP contribution is 2.28. The zero-order valence-corrected chi connectivity index (χ0v) is 14.3. The van der Waals surface area contributed by atoms with E-state index in [2.05, 4.69) is 14.8 Å². The van der Waals surface area contributed by atoms with Crippen molar-refractivity contribution < 1.29 is 9.50 Å². The summed E-state index contributed by atoms with van der Waals surface area (Å²) in [6, 6.07) is 6.44. The van der Waals surface area contributed by atoms with Gasteiger partial charge in [0.1, 0.15) is 5.82 Å². The third-order valence-electron chi connectivity index (χ3n) is 3.89. The van der Waals surface area contributed by atoms with Gasteiger partial charge >= 0.3 is 0 Å². The van der Waals surface area contributed by atoms with Crippen LogP contribution >= 0.6 is 11.3 Å². The Morgan fingerprint density at radius 3 is 2.43 bits per heavy atom. The molecule has 1 aromatic carbocycles. The van der Waals surface area contributed by atoms with Crippen LogP contribution in [0.1, 0.15) is 13.8 Å². The minimum absolute atomic E-state index is 0.230. The highest BCUT2D eigenvalue weighted by molar-refractivity contribution is 7.14. The summed E-state index contributed by atoms with van der Waals surface area (Å²) in [7, 11) is 0. The van der Waals surface area contributed by atoms with Crippen molar-refractivity contribution in [2.75, 3.05) is 37.6 Å². The second kappa shape index (κ2) is 6.55. The largest absolute Gasteiger partial charge is 0.389 e. The number of thiazole rings is 1. The number of β-amino-alcohol motifs (C(OH)–C–C–N with tert-alkyl or cyclic N) is 1. The highest BCUT2D eigenvalue weighted by Gasteiger charge is 2.24. The molecule has 2 aromatic rings. The van der Waals surface area contributed by atoms with E-state index < -0.39 is 5.60 Å². The van der Waals surface area contributed by atoms with Gasteiger partial charge in [-0.1, -0.05) is 0 Å². The number of anilines is 1. The van der Waals surface area contributed by atoms with Crippen LogP contribution in [0, 0.1) is 5.82 Å². The van der Waals surface area contributed by atoms with Crippen molar-refractivity contribution in [2.45, 2.75) is 19.4 Å². The molecule has 2 heterocycles. The molecule has 1 fully saturated rings. The Hall–Kier alpha value is -1.50. The van der Waals surface area contributed by atoms with Crippen molar-refractivity contribution >= 4 is 16.5 Å². The number of hydrogen-bond donors (Lipinski definition) is 1. The molecule has 1 aliphatic rings. The van der Waals surface area contributed by atoms with Gasteiger partial charge in [-0.05, 0) is 38.1 Å². The normalized spacial score (nSPS) is 16.8. The minimum atomic E-state index is -0.654. The van der Waals surface area contributed by atoms with Gasteiger partial charge in [0, 0.05) is 43.7 Å². The molecular formula is C17H22FN3OS. The maximum Gasteiger partial charge on any atom is 0.185 e. The lowest BCUT2D eigenvalue weighted by Crippen LogP contribution is -2.50. The zero-order valence-electron chi connectivity index (χ0n) is 13.5.